The molecule has 1 aromatic rings. The van der Waals surface area contributed by atoms with Gasteiger partial charge in [0.25, 0.3) is 5.91 Å². The van der Waals surface area contributed by atoms with Crippen LogP contribution >= 0.6 is 0 Å². The van der Waals surface area contributed by atoms with Crippen LogP contribution in [0.3, 0.4) is 0 Å². The van der Waals surface area contributed by atoms with Gasteiger partial charge in [-0.2, -0.15) is 8.78 Å². The maximum atomic E-state index is 14.2. The van der Waals surface area contributed by atoms with Crippen LogP contribution in [0.15, 0.2) is 24.3 Å². The molecule has 0 saturated carbocycles. The number of hydrogen-bond donors (Lipinski definition) is 2. The standard InChI is InChI=1S/C14H17F2NO4/c1-4-21-10-8-6-5-7-9(10)14(15,16)11(18)17-13(2,3)12(19)20/h5-8H,4H2,1-3H3,(H,17,18)(H,19,20). The number of halogens is 2. The molecule has 0 unspecified atom stereocenters. The van der Waals surface area contributed by atoms with Crippen LogP contribution < -0.4 is 10.1 Å². The molecule has 0 heterocycles. The van der Waals surface area contributed by atoms with Crippen molar-refractivity contribution in [2.24, 2.45) is 0 Å². The fraction of sp³-hybridized carbons (Fsp3) is 0.429. The summed E-state index contributed by atoms with van der Waals surface area (Å²) in [4.78, 5) is 22.7. The minimum Gasteiger partial charge on any atom is -0.493 e. The van der Waals surface area contributed by atoms with Crippen molar-refractivity contribution in [2.75, 3.05) is 6.61 Å². The van der Waals surface area contributed by atoms with Gasteiger partial charge in [0.1, 0.15) is 11.3 Å². The fourth-order valence-electron chi connectivity index (χ4n) is 1.55. The van der Waals surface area contributed by atoms with Crippen molar-refractivity contribution in [3.05, 3.63) is 29.8 Å². The molecule has 0 aliphatic rings. The van der Waals surface area contributed by atoms with Crippen molar-refractivity contribution in [2.45, 2.75) is 32.2 Å². The highest BCUT2D eigenvalue weighted by Gasteiger charge is 2.46. The zero-order chi connectivity index (χ0) is 16.3. The van der Waals surface area contributed by atoms with Gasteiger partial charge in [0.15, 0.2) is 0 Å². The third-order valence-electron chi connectivity index (χ3n) is 2.77. The third kappa shape index (κ3) is 3.68. The van der Waals surface area contributed by atoms with Gasteiger partial charge in [-0.15, -0.1) is 0 Å². The molecular formula is C14H17F2NO4. The Labute approximate surface area is 120 Å². The average molecular weight is 301 g/mol. The normalized spacial score (nSPS) is 11.9. The number of amides is 1. The first-order valence-corrected chi connectivity index (χ1v) is 6.29. The van der Waals surface area contributed by atoms with E-state index in [1.54, 1.807) is 6.92 Å². The van der Waals surface area contributed by atoms with Crippen LogP contribution in [0.2, 0.25) is 0 Å². The van der Waals surface area contributed by atoms with E-state index in [9.17, 15) is 18.4 Å². The SMILES string of the molecule is CCOc1ccccc1C(F)(F)C(=O)NC(C)(C)C(=O)O. The number of carboxylic acids is 1. The van der Waals surface area contributed by atoms with E-state index in [-0.39, 0.29) is 12.4 Å². The number of carbonyl (C=O) groups excluding carboxylic acids is 1. The number of aliphatic carboxylic acids is 1. The van der Waals surface area contributed by atoms with Crippen molar-refractivity contribution in [3.63, 3.8) is 0 Å². The van der Waals surface area contributed by atoms with E-state index in [0.29, 0.717) is 0 Å². The van der Waals surface area contributed by atoms with Crippen LogP contribution in [0, 0.1) is 0 Å². The maximum Gasteiger partial charge on any atom is 0.353 e. The maximum absolute atomic E-state index is 14.2. The quantitative estimate of drug-likeness (QED) is 0.844. The second-order valence-corrected chi connectivity index (χ2v) is 4.89. The lowest BCUT2D eigenvalue weighted by Crippen LogP contribution is -2.54. The Balaban J connectivity index is 3.10. The van der Waals surface area contributed by atoms with Crippen LogP contribution in [-0.4, -0.2) is 29.1 Å². The van der Waals surface area contributed by atoms with Crippen LogP contribution in [0.25, 0.3) is 0 Å². The number of hydrogen-bond acceptors (Lipinski definition) is 3. The largest absolute Gasteiger partial charge is 0.493 e. The Morgan fingerprint density at radius 3 is 2.38 bits per heavy atom. The van der Waals surface area contributed by atoms with Crippen molar-refractivity contribution in [1.29, 1.82) is 0 Å². The average Bonchev–Trinajstić information content (AvgIpc) is 2.38. The van der Waals surface area contributed by atoms with E-state index in [1.807, 2.05) is 5.32 Å². The third-order valence-corrected chi connectivity index (χ3v) is 2.77. The summed E-state index contributed by atoms with van der Waals surface area (Å²) >= 11 is 0. The van der Waals surface area contributed by atoms with Crippen LogP contribution in [0.5, 0.6) is 5.75 Å². The van der Waals surface area contributed by atoms with Gasteiger partial charge in [0.2, 0.25) is 0 Å². The van der Waals surface area contributed by atoms with Gasteiger partial charge in [-0.1, -0.05) is 12.1 Å². The molecule has 1 rings (SSSR count). The van der Waals surface area contributed by atoms with Gasteiger partial charge in [0, 0.05) is 0 Å². The molecule has 2 N–H and O–H groups in total. The highest BCUT2D eigenvalue weighted by atomic mass is 19.3. The Kier molecular flexibility index (Phi) is 4.88. The molecule has 21 heavy (non-hydrogen) atoms. The smallest absolute Gasteiger partial charge is 0.353 e. The highest BCUT2D eigenvalue weighted by Crippen LogP contribution is 2.35. The minimum absolute atomic E-state index is 0.117. The molecule has 0 radical (unpaired) electrons. The van der Waals surface area contributed by atoms with Crippen molar-refractivity contribution < 1.29 is 28.2 Å². The number of carboxylic acid groups (broad SMARTS) is 1. The van der Waals surface area contributed by atoms with Crippen molar-refractivity contribution in [3.8, 4) is 5.75 Å². The zero-order valence-electron chi connectivity index (χ0n) is 11.9. The molecular weight excluding hydrogens is 284 g/mol. The minimum atomic E-state index is -3.90. The van der Waals surface area contributed by atoms with E-state index >= 15 is 0 Å². The Morgan fingerprint density at radius 2 is 1.86 bits per heavy atom. The fourth-order valence-corrected chi connectivity index (χ4v) is 1.55. The van der Waals surface area contributed by atoms with Crippen LogP contribution in [0.1, 0.15) is 26.3 Å². The topological polar surface area (TPSA) is 75.6 Å². The molecule has 0 aliphatic carbocycles. The van der Waals surface area contributed by atoms with Gasteiger partial charge in [-0.05, 0) is 32.9 Å². The number of rotatable bonds is 6. The molecule has 0 saturated heterocycles. The molecule has 0 spiro atoms. The van der Waals surface area contributed by atoms with Crippen molar-refractivity contribution in [1.82, 2.24) is 5.32 Å². The summed E-state index contributed by atoms with van der Waals surface area (Å²) in [5.41, 5.74) is -2.41. The van der Waals surface area contributed by atoms with E-state index in [2.05, 4.69) is 0 Å². The van der Waals surface area contributed by atoms with Gasteiger partial charge in [-0.25, -0.2) is 4.79 Å². The second-order valence-electron chi connectivity index (χ2n) is 4.89. The molecule has 1 amide bonds. The van der Waals surface area contributed by atoms with Gasteiger partial charge in [-0.3, -0.25) is 4.79 Å². The predicted octanol–water partition coefficient (Wildman–Crippen LogP) is 2.16. The lowest BCUT2D eigenvalue weighted by molar-refractivity contribution is -0.155. The summed E-state index contributed by atoms with van der Waals surface area (Å²) in [6, 6.07) is 5.24. The number of carbonyl (C=O) groups is 2. The molecule has 7 heteroatoms. The van der Waals surface area contributed by atoms with E-state index < -0.39 is 28.9 Å². The highest BCUT2D eigenvalue weighted by molar-refractivity contribution is 5.91. The molecule has 1 aromatic carbocycles. The molecule has 116 valence electrons. The number of benzene rings is 1. The first-order valence-electron chi connectivity index (χ1n) is 6.29. The molecule has 5 nitrogen and oxygen atoms in total. The first kappa shape index (κ1) is 16.9. The van der Waals surface area contributed by atoms with Crippen molar-refractivity contribution >= 4 is 11.9 Å². The monoisotopic (exact) mass is 301 g/mol. The lowest BCUT2D eigenvalue weighted by atomic mass is 10.0. The summed E-state index contributed by atoms with van der Waals surface area (Å²) < 4.78 is 33.6. The van der Waals surface area contributed by atoms with Gasteiger partial charge < -0.3 is 15.2 Å². The van der Waals surface area contributed by atoms with Gasteiger partial charge >= 0.3 is 11.9 Å². The summed E-state index contributed by atoms with van der Waals surface area (Å²) in [7, 11) is 0. The second kappa shape index (κ2) is 6.07. The molecule has 0 atom stereocenters. The summed E-state index contributed by atoms with van der Waals surface area (Å²) in [6.07, 6.45) is 0. The number of nitrogens with one attached hydrogen (secondary N) is 1. The van der Waals surface area contributed by atoms with Crippen LogP contribution in [-0.2, 0) is 15.5 Å². The van der Waals surface area contributed by atoms with E-state index in [0.717, 1.165) is 19.9 Å². The van der Waals surface area contributed by atoms with Crippen LogP contribution in [0.4, 0.5) is 8.78 Å². The predicted molar refractivity (Wildman–Crippen MR) is 71.4 cm³/mol. The zero-order valence-corrected chi connectivity index (χ0v) is 11.9. The van der Waals surface area contributed by atoms with Gasteiger partial charge in [0.05, 0.1) is 12.2 Å². The molecule has 0 aliphatic heterocycles. The molecule has 0 fully saturated rings. The molecule has 0 bridgehead atoms. The van der Waals surface area contributed by atoms with E-state index in [4.69, 9.17) is 9.84 Å². The number of para-hydroxylation sites is 1. The number of alkyl halides is 2. The first-order chi connectivity index (χ1) is 9.63. The Morgan fingerprint density at radius 1 is 1.29 bits per heavy atom. The summed E-state index contributed by atoms with van der Waals surface area (Å²) in [6.45, 7) is 4.04. The summed E-state index contributed by atoms with van der Waals surface area (Å²) in [5, 5.41) is 10.7. The Hall–Kier alpha value is -2.18. The molecule has 0 aromatic heterocycles. The lowest BCUT2D eigenvalue weighted by Gasteiger charge is -2.25. The van der Waals surface area contributed by atoms with E-state index in [1.165, 1.54) is 18.2 Å². The summed E-state index contributed by atoms with van der Waals surface area (Å²) in [5.74, 6) is -7.13. The Bertz CT molecular complexity index is 544. The number of ether oxygens (including phenoxy) is 1.